The summed E-state index contributed by atoms with van der Waals surface area (Å²) in [6, 6.07) is 5.52. The lowest BCUT2D eigenvalue weighted by atomic mass is 10.1. The van der Waals surface area contributed by atoms with Gasteiger partial charge in [-0.2, -0.15) is 5.10 Å². The monoisotopic (exact) mass is 330 g/mol. The van der Waals surface area contributed by atoms with Gasteiger partial charge in [0.05, 0.1) is 17.6 Å². The molecule has 0 amide bonds. The molecule has 0 radical (unpaired) electrons. The first-order valence-corrected chi connectivity index (χ1v) is 7.75. The summed E-state index contributed by atoms with van der Waals surface area (Å²) in [6.07, 6.45) is 0.877. The molecule has 0 aliphatic heterocycles. The minimum absolute atomic E-state index is 0.00883. The van der Waals surface area contributed by atoms with Gasteiger partial charge in [0.25, 0.3) is 0 Å². The van der Waals surface area contributed by atoms with Gasteiger partial charge in [0.15, 0.2) is 0 Å². The van der Waals surface area contributed by atoms with E-state index in [-0.39, 0.29) is 5.38 Å². The van der Waals surface area contributed by atoms with Crippen molar-refractivity contribution in [3.05, 3.63) is 50.8 Å². The third-order valence-corrected chi connectivity index (χ3v) is 4.71. The van der Waals surface area contributed by atoms with Crippen LogP contribution in [-0.2, 0) is 6.54 Å². The zero-order valence-electron chi connectivity index (χ0n) is 11.8. The van der Waals surface area contributed by atoms with Gasteiger partial charge in [-0.15, -0.1) is 11.6 Å². The van der Waals surface area contributed by atoms with Gasteiger partial charge in [0.2, 0.25) is 0 Å². The second kappa shape index (κ2) is 6.38. The van der Waals surface area contributed by atoms with E-state index in [4.69, 9.17) is 34.8 Å². The van der Waals surface area contributed by atoms with Crippen molar-refractivity contribution in [3.8, 4) is 0 Å². The molecule has 0 saturated carbocycles. The third-order valence-electron chi connectivity index (χ3n) is 3.48. The molecule has 0 N–H and O–H groups in total. The maximum absolute atomic E-state index is 6.37. The summed E-state index contributed by atoms with van der Waals surface area (Å²) < 4.78 is 1.92. The molecule has 0 fully saturated rings. The molecule has 2 rings (SSSR count). The molecule has 0 aliphatic carbocycles. The molecule has 0 aliphatic rings. The molecule has 1 unspecified atom stereocenters. The van der Waals surface area contributed by atoms with E-state index >= 15 is 0 Å². The SMILES string of the molecule is CCC(Cl)c1c(C)nn(Cc2c(Cl)cccc2Cl)c1C. The van der Waals surface area contributed by atoms with E-state index < -0.39 is 0 Å². The summed E-state index contributed by atoms with van der Waals surface area (Å²) in [5, 5.41) is 5.88. The molecule has 0 saturated heterocycles. The summed E-state index contributed by atoms with van der Waals surface area (Å²) in [5.41, 5.74) is 4.03. The standard InChI is InChI=1S/C15H17Cl3N2/c1-4-12(16)15-9(2)19-20(10(15)3)8-11-13(17)6-5-7-14(11)18/h5-7,12H,4,8H2,1-3H3. The van der Waals surface area contributed by atoms with Crippen LogP contribution < -0.4 is 0 Å². The van der Waals surface area contributed by atoms with Gasteiger partial charge in [-0.3, -0.25) is 4.68 Å². The van der Waals surface area contributed by atoms with Gasteiger partial charge in [0, 0.05) is 26.9 Å². The van der Waals surface area contributed by atoms with Crippen molar-refractivity contribution in [2.45, 2.75) is 39.1 Å². The number of hydrogen-bond donors (Lipinski definition) is 0. The molecule has 1 aromatic heterocycles. The fourth-order valence-corrected chi connectivity index (χ4v) is 3.19. The number of nitrogens with zero attached hydrogens (tertiary/aromatic N) is 2. The highest BCUT2D eigenvalue weighted by atomic mass is 35.5. The van der Waals surface area contributed by atoms with E-state index in [9.17, 15) is 0 Å². The molecular formula is C15H17Cl3N2. The molecule has 1 aromatic carbocycles. The molecule has 2 aromatic rings. The van der Waals surface area contributed by atoms with E-state index in [1.807, 2.05) is 36.7 Å². The van der Waals surface area contributed by atoms with Crippen LogP contribution in [0.1, 0.15) is 41.2 Å². The van der Waals surface area contributed by atoms with Gasteiger partial charge in [-0.05, 0) is 32.4 Å². The minimum atomic E-state index is -0.00883. The van der Waals surface area contributed by atoms with Crippen LogP contribution in [0.3, 0.4) is 0 Å². The average Bonchev–Trinajstić information content (AvgIpc) is 2.68. The minimum Gasteiger partial charge on any atom is -0.265 e. The van der Waals surface area contributed by atoms with Crippen LogP contribution in [0.15, 0.2) is 18.2 Å². The zero-order chi connectivity index (χ0) is 14.9. The molecule has 0 bridgehead atoms. The number of rotatable bonds is 4. The van der Waals surface area contributed by atoms with Gasteiger partial charge < -0.3 is 0 Å². The largest absolute Gasteiger partial charge is 0.265 e. The Morgan fingerprint density at radius 3 is 2.35 bits per heavy atom. The first kappa shape index (κ1) is 15.7. The third kappa shape index (κ3) is 2.98. The first-order chi connectivity index (χ1) is 9.45. The molecule has 1 atom stereocenters. The highest BCUT2D eigenvalue weighted by Gasteiger charge is 2.18. The highest BCUT2D eigenvalue weighted by molar-refractivity contribution is 6.35. The van der Waals surface area contributed by atoms with Gasteiger partial charge in [-0.1, -0.05) is 36.2 Å². The number of benzene rings is 1. The maximum atomic E-state index is 6.37. The fourth-order valence-electron chi connectivity index (χ4n) is 2.36. The fraction of sp³-hybridized carbons (Fsp3) is 0.400. The Morgan fingerprint density at radius 2 is 1.80 bits per heavy atom. The predicted octanol–water partition coefficient (Wildman–Crippen LogP) is 5.54. The van der Waals surface area contributed by atoms with E-state index in [2.05, 4.69) is 12.0 Å². The number of aromatic nitrogens is 2. The van der Waals surface area contributed by atoms with Crippen LogP contribution >= 0.6 is 34.8 Å². The summed E-state index contributed by atoms with van der Waals surface area (Å²) in [5.74, 6) is 0. The van der Waals surface area contributed by atoms with Crippen molar-refractivity contribution in [2.75, 3.05) is 0 Å². The Kier molecular flexibility index (Phi) is 5.00. The quantitative estimate of drug-likeness (QED) is 0.672. The highest BCUT2D eigenvalue weighted by Crippen LogP contribution is 2.31. The summed E-state index contributed by atoms with van der Waals surface area (Å²) in [6.45, 7) is 6.64. The van der Waals surface area contributed by atoms with Crippen molar-refractivity contribution < 1.29 is 0 Å². The van der Waals surface area contributed by atoms with Crippen LogP contribution in [0.5, 0.6) is 0 Å². The molecule has 108 valence electrons. The van der Waals surface area contributed by atoms with Crippen molar-refractivity contribution in [1.82, 2.24) is 9.78 Å². The Morgan fingerprint density at radius 1 is 1.20 bits per heavy atom. The average molecular weight is 332 g/mol. The summed E-state index contributed by atoms with van der Waals surface area (Å²) >= 11 is 18.8. The van der Waals surface area contributed by atoms with Gasteiger partial charge >= 0.3 is 0 Å². The second-order valence-corrected chi connectivity index (χ2v) is 6.16. The number of aryl methyl sites for hydroxylation is 1. The van der Waals surface area contributed by atoms with Gasteiger partial charge in [-0.25, -0.2) is 0 Å². The van der Waals surface area contributed by atoms with E-state index in [1.54, 1.807) is 0 Å². The normalized spacial score (nSPS) is 12.7. The second-order valence-electron chi connectivity index (χ2n) is 4.82. The summed E-state index contributed by atoms with van der Waals surface area (Å²) in [4.78, 5) is 0. The van der Waals surface area contributed by atoms with Crippen LogP contribution in [0.25, 0.3) is 0 Å². The van der Waals surface area contributed by atoms with E-state index in [0.717, 1.165) is 28.9 Å². The summed E-state index contributed by atoms with van der Waals surface area (Å²) in [7, 11) is 0. The Balaban J connectivity index is 2.40. The van der Waals surface area contributed by atoms with Gasteiger partial charge in [0.1, 0.15) is 0 Å². The Labute approximate surface area is 134 Å². The van der Waals surface area contributed by atoms with Crippen LogP contribution in [0, 0.1) is 13.8 Å². The Hall–Kier alpha value is -0.700. The number of halogens is 3. The zero-order valence-corrected chi connectivity index (χ0v) is 14.0. The van der Waals surface area contributed by atoms with Crippen LogP contribution in [-0.4, -0.2) is 9.78 Å². The van der Waals surface area contributed by atoms with Crippen LogP contribution in [0.2, 0.25) is 10.0 Å². The number of hydrogen-bond acceptors (Lipinski definition) is 1. The molecule has 5 heteroatoms. The predicted molar refractivity (Wildman–Crippen MR) is 86.2 cm³/mol. The molecule has 0 spiro atoms. The topological polar surface area (TPSA) is 17.8 Å². The molecular weight excluding hydrogens is 315 g/mol. The lowest BCUT2D eigenvalue weighted by Crippen LogP contribution is -2.05. The van der Waals surface area contributed by atoms with E-state index in [0.29, 0.717) is 16.6 Å². The maximum Gasteiger partial charge on any atom is 0.0692 e. The lowest BCUT2D eigenvalue weighted by molar-refractivity contribution is 0.657. The van der Waals surface area contributed by atoms with Crippen LogP contribution in [0.4, 0.5) is 0 Å². The van der Waals surface area contributed by atoms with Crippen molar-refractivity contribution in [1.29, 1.82) is 0 Å². The molecule has 20 heavy (non-hydrogen) atoms. The smallest absolute Gasteiger partial charge is 0.0692 e. The molecule has 2 nitrogen and oxygen atoms in total. The van der Waals surface area contributed by atoms with Crippen molar-refractivity contribution >= 4 is 34.8 Å². The van der Waals surface area contributed by atoms with Crippen molar-refractivity contribution in [2.24, 2.45) is 0 Å². The molecule has 1 heterocycles. The lowest BCUT2D eigenvalue weighted by Gasteiger charge is -2.10. The number of alkyl halides is 1. The Bertz CT molecular complexity index is 600. The van der Waals surface area contributed by atoms with Crippen molar-refractivity contribution in [3.63, 3.8) is 0 Å². The first-order valence-electron chi connectivity index (χ1n) is 6.56. The van der Waals surface area contributed by atoms with E-state index in [1.165, 1.54) is 0 Å².